The standard InChI is InChI=1S/C19H13N3S2/c1-3-7-10-12(4-2)20-18-14(10)16-17(22-24-21-16)15-11-8-5-6-9-13(11)23-19(15)18/h3-9,20H,2H2,1H3/b7-3-. The number of aromatic amines is 1. The lowest BCUT2D eigenvalue weighted by Crippen LogP contribution is -1.78. The second kappa shape index (κ2) is 5.00. The van der Waals surface area contributed by atoms with Crippen LogP contribution in [0.15, 0.2) is 36.9 Å². The highest BCUT2D eigenvalue weighted by Gasteiger charge is 2.21. The maximum Gasteiger partial charge on any atom is 0.115 e. The Morgan fingerprint density at radius 1 is 1.12 bits per heavy atom. The van der Waals surface area contributed by atoms with Crippen molar-refractivity contribution in [3.63, 3.8) is 0 Å². The van der Waals surface area contributed by atoms with Crippen molar-refractivity contribution in [1.82, 2.24) is 13.7 Å². The van der Waals surface area contributed by atoms with Gasteiger partial charge in [0.2, 0.25) is 0 Å². The summed E-state index contributed by atoms with van der Waals surface area (Å²) in [6.07, 6.45) is 6.05. The summed E-state index contributed by atoms with van der Waals surface area (Å²) in [7, 11) is 0. The summed E-state index contributed by atoms with van der Waals surface area (Å²) in [5.41, 5.74) is 5.28. The van der Waals surface area contributed by atoms with Crippen molar-refractivity contribution in [2.24, 2.45) is 0 Å². The van der Waals surface area contributed by atoms with E-state index in [1.165, 1.54) is 31.9 Å². The number of nitrogens with one attached hydrogen (secondary N) is 1. The Bertz CT molecular complexity index is 1280. The highest BCUT2D eigenvalue weighted by atomic mass is 32.1. The van der Waals surface area contributed by atoms with Gasteiger partial charge in [-0.1, -0.05) is 36.9 Å². The van der Waals surface area contributed by atoms with Crippen LogP contribution in [-0.2, 0) is 0 Å². The number of thiophene rings is 1. The molecule has 0 saturated carbocycles. The molecular formula is C19H13N3S2. The number of fused-ring (bicyclic) bond motifs is 8. The summed E-state index contributed by atoms with van der Waals surface area (Å²) < 4.78 is 11.8. The predicted octanol–water partition coefficient (Wildman–Crippen LogP) is 6.22. The van der Waals surface area contributed by atoms with Crippen molar-refractivity contribution in [2.75, 3.05) is 0 Å². The van der Waals surface area contributed by atoms with Gasteiger partial charge in [-0.05, 0) is 19.1 Å². The largest absolute Gasteiger partial charge is 0.353 e. The van der Waals surface area contributed by atoms with E-state index in [0.717, 1.165) is 33.2 Å². The molecule has 0 saturated heterocycles. The van der Waals surface area contributed by atoms with Gasteiger partial charge in [-0.3, -0.25) is 0 Å². The molecule has 2 aromatic carbocycles. The third-order valence-electron chi connectivity index (χ3n) is 4.39. The van der Waals surface area contributed by atoms with Crippen molar-refractivity contribution in [3.05, 3.63) is 48.2 Å². The topological polar surface area (TPSA) is 41.6 Å². The van der Waals surface area contributed by atoms with Crippen LogP contribution in [0.2, 0.25) is 0 Å². The molecule has 5 aromatic rings. The molecule has 0 atom stereocenters. The first kappa shape index (κ1) is 13.9. The highest BCUT2D eigenvalue weighted by molar-refractivity contribution is 7.27. The number of nitrogens with zero attached hydrogens (tertiary/aromatic N) is 2. The molecule has 3 heterocycles. The van der Waals surface area contributed by atoms with Gasteiger partial charge in [0.05, 0.1) is 21.9 Å². The smallest absolute Gasteiger partial charge is 0.115 e. The molecule has 0 aliphatic carbocycles. The minimum absolute atomic E-state index is 0.975. The summed E-state index contributed by atoms with van der Waals surface area (Å²) in [5.74, 6) is 0. The van der Waals surface area contributed by atoms with Crippen molar-refractivity contribution < 1.29 is 0 Å². The number of allylic oxidation sites excluding steroid dienone is 1. The van der Waals surface area contributed by atoms with Gasteiger partial charge in [0.1, 0.15) is 11.0 Å². The van der Waals surface area contributed by atoms with E-state index in [4.69, 9.17) is 0 Å². The Balaban J connectivity index is 2.17. The molecule has 0 aliphatic heterocycles. The Labute approximate surface area is 146 Å². The van der Waals surface area contributed by atoms with E-state index in [1.54, 1.807) is 0 Å². The van der Waals surface area contributed by atoms with Crippen LogP contribution in [-0.4, -0.2) is 13.7 Å². The van der Waals surface area contributed by atoms with Gasteiger partial charge in [0.25, 0.3) is 0 Å². The summed E-state index contributed by atoms with van der Waals surface area (Å²) >= 11 is 3.09. The van der Waals surface area contributed by atoms with Crippen LogP contribution in [0.1, 0.15) is 18.2 Å². The minimum atomic E-state index is 0.975. The third-order valence-corrected chi connectivity index (χ3v) is 6.11. The lowest BCUT2D eigenvalue weighted by atomic mass is 10.0. The summed E-state index contributed by atoms with van der Waals surface area (Å²) in [5, 5.41) is 3.60. The lowest BCUT2D eigenvalue weighted by molar-refractivity contribution is 1.44. The Kier molecular flexibility index (Phi) is 2.89. The number of H-pyrrole nitrogens is 1. The van der Waals surface area contributed by atoms with Crippen LogP contribution in [0.5, 0.6) is 0 Å². The zero-order valence-corrected chi connectivity index (χ0v) is 14.6. The lowest BCUT2D eigenvalue weighted by Gasteiger charge is -1.98. The van der Waals surface area contributed by atoms with E-state index in [-0.39, 0.29) is 0 Å². The van der Waals surface area contributed by atoms with Crippen molar-refractivity contribution in [1.29, 1.82) is 0 Å². The fraction of sp³-hybridized carbons (Fsp3) is 0.0526. The van der Waals surface area contributed by atoms with Crippen LogP contribution in [0.25, 0.3) is 54.3 Å². The van der Waals surface area contributed by atoms with Gasteiger partial charge in [0, 0.05) is 32.1 Å². The quantitative estimate of drug-likeness (QED) is 0.412. The molecule has 0 unspecified atom stereocenters. The maximum atomic E-state index is 4.63. The van der Waals surface area contributed by atoms with Crippen molar-refractivity contribution >= 4 is 77.3 Å². The summed E-state index contributed by atoms with van der Waals surface area (Å²) in [6, 6.07) is 8.50. The molecule has 0 fully saturated rings. The first-order valence-corrected chi connectivity index (χ1v) is 9.24. The molecule has 24 heavy (non-hydrogen) atoms. The van der Waals surface area contributed by atoms with Gasteiger partial charge >= 0.3 is 0 Å². The van der Waals surface area contributed by atoms with Gasteiger partial charge in [-0.25, -0.2) is 0 Å². The first-order valence-electron chi connectivity index (χ1n) is 7.69. The van der Waals surface area contributed by atoms with Crippen molar-refractivity contribution in [2.45, 2.75) is 6.92 Å². The van der Waals surface area contributed by atoms with Crippen LogP contribution >= 0.6 is 23.1 Å². The third kappa shape index (κ3) is 1.66. The molecule has 116 valence electrons. The molecule has 0 bridgehead atoms. The van der Waals surface area contributed by atoms with E-state index in [1.807, 2.05) is 24.3 Å². The van der Waals surface area contributed by atoms with E-state index in [0.29, 0.717) is 0 Å². The molecule has 0 aliphatic rings. The van der Waals surface area contributed by atoms with Crippen molar-refractivity contribution in [3.8, 4) is 0 Å². The Morgan fingerprint density at radius 2 is 1.92 bits per heavy atom. The molecule has 1 N–H and O–H groups in total. The molecule has 0 radical (unpaired) electrons. The summed E-state index contributed by atoms with van der Waals surface area (Å²) in [6.45, 7) is 5.99. The Hall–Kier alpha value is -2.50. The average molecular weight is 347 g/mol. The van der Waals surface area contributed by atoms with Crippen LogP contribution < -0.4 is 0 Å². The number of aromatic nitrogens is 3. The fourth-order valence-electron chi connectivity index (χ4n) is 3.42. The fourth-order valence-corrected chi connectivity index (χ4v) is 5.19. The number of rotatable bonds is 2. The van der Waals surface area contributed by atoms with E-state index >= 15 is 0 Å². The van der Waals surface area contributed by atoms with Gasteiger partial charge in [0.15, 0.2) is 0 Å². The monoisotopic (exact) mass is 347 g/mol. The predicted molar refractivity (Wildman–Crippen MR) is 107 cm³/mol. The van der Waals surface area contributed by atoms with E-state index < -0.39 is 0 Å². The average Bonchev–Trinajstić information content (AvgIpc) is 3.28. The number of hydrogen-bond acceptors (Lipinski definition) is 4. The molecular weight excluding hydrogens is 334 g/mol. The number of benzene rings is 2. The highest BCUT2D eigenvalue weighted by Crippen LogP contribution is 2.44. The van der Waals surface area contributed by atoms with E-state index in [2.05, 4.69) is 56.7 Å². The summed E-state index contributed by atoms with van der Waals surface area (Å²) in [4.78, 5) is 3.56. The van der Waals surface area contributed by atoms with Gasteiger partial charge in [-0.15, -0.1) is 11.3 Å². The number of hydrogen-bond donors (Lipinski definition) is 1. The van der Waals surface area contributed by atoms with Gasteiger partial charge < -0.3 is 4.98 Å². The molecule has 0 amide bonds. The SMILES string of the molecule is C=Cc1[nH]c2c3sc4ccccc4c3c3nsnc3c2c1/C=C\C. The molecule has 0 spiro atoms. The van der Waals surface area contributed by atoms with E-state index in [9.17, 15) is 0 Å². The normalized spacial score (nSPS) is 12.4. The van der Waals surface area contributed by atoms with Crippen LogP contribution in [0.4, 0.5) is 0 Å². The molecule has 3 nitrogen and oxygen atoms in total. The van der Waals surface area contributed by atoms with Crippen LogP contribution in [0.3, 0.4) is 0 Å². The molecule has 5 heteroatoms. The Morgan fingerprint density at radius 3 is 2.71 bits per heavy atom. The molecule has 5 rings (SSSR count). The van der Waals surface area contributed by atoms with Gasteiger partial charge in [-0.2, -0.15) is 8.75 Å². The minimum Gasteiger partial charge on any atom is -0.353 e. The first-order chi connectivity index (χ1) is 11.8. The maximum absolute atomic E-state index is 4.63. The molecule has 3 aromatic heterocycles. The zero-order valence-electron chi connectivity index (χ0n) is 13.0. The second-order valence-corrected chi connectivity index (χ2v) is 7.25. The second-order valence-electron chi connectivity index (χ2n) is 5.67. The van der Waals surface area contributed by atoms with Crippen LogP contribution in [0, 0.1) is 0 Å². The zero-order chi connectivity index (χ0) is 16.3.